The van der Waals surface area contributed by atoms with E-state index in [-0.39, 0.29) is 17.4 Å². The Labute approximate surface area is 149 Å². The molecule has 26 heavy (non-hydrogen) atoms. The van der Waals surface area contributed by atoms with Gasteiger partial charge >= 0.3 is 6.61 Å². The van der Waals surface area contributed by atoms with Crippen LogP contribution in [0.25, 0.3) is 0 Å². The van der Waals surface area contributed by atoms with Gasteiger partial charge in [0.1, 0.15) is 5.75 Å². The van der Waals surface area contributed by atoms with Crippen molar-refractivity contribution in [1.29, 1.82) is 0 Å². The van der Waals surface area contributed by atoms with Gasteiger partial charge < -0.3 is 9.64 Å². The molecule has 0 bridgehead atoms. The zero-order valence-corrected chi connectivity index (χ0v) is 14.1. The summed E-state index contributed by atoms with van der Waals surface area (Å²) >= 11 is 0. The lowest BCUT2D eigenvalue weighted by Crippen LogP contribution is -2.30. The zero-order chi connectivity index (χ0) is 18.5. The summed E-state index contributed by atoms with van der Waals surface area (Å²) < 4.78 is 29.4. The van der Waals surface area contributed by atoms with E-state index in [1.54, 1.807) is 23.1 Å². The average Bonchev–Trinajstić information content (AvgIpc) is 2.89. The first-order valence-corrected chi connectivity index (χ1v) is 8.18. The largest absolute Gasteiger partial charge is 0.434 e. The summed E-state index contributed by atoms with van der Waals surface area (Å²) in [4.78, 5) is 14.3. The molecule has 1 aliphatic rings. The number of ether oxygens (including phenoxy) is 1. The number of halogens is 2. The highest BCUT2D eigenvalue weighted by molar-refractivity contribution is 6.54. The average molecular weight is 357 g/mol. The van der Waals surface area contributed by atoms with E-state index in [2.05, 4.69) is 14.9 Å². The van der Waals surface area contributed by atoms with E-state index in [9.17, 15) is 13.6 Å². The number of carbonyl (C=O) groups excluding carboxylic acids is 1. The van der Waals surface area contributed by atoms with Crippen molar-refractivity contribution in [2.75, 3.05) is 11.4 Å². The number of carbonyl (C=O) groups is 1. The Morgan fingerprint density at radius 1 is 1.15 bits per heavy atom. The predicted octanol–water partition coefficient (Wildman–Crippen LogP) is 3.87. The highest BCUT2D eigenvalue weighted by Crippen LogP contribution is 2.29. The molecule has 7 heteroatoms. The lowest BCUT2D eigenvalue weighted by atomic mass is 10.1. The van der Waals surface area contributed by atoms with Crippen LogP contribution in [-0.4, -0.2) is 31.0 Å². The molecule has 0 atom stereocenters. The minimum Gasteiger partial charge on any atom is -0.434 e. The minimum atomic E-state index is -2.93. The van der Waals surface area contributed by atoms with E-state index < -0.39 is 6.61 Å². The van der Waals surface area contributed by atoms with Crippen molar-refractivity contribution in [2.24, 2.45) is 10.2 Å². The Morgan fingerprint density at radius 3 is 2.65 bits per heavy atom. The molecule has 0 spiro atoms. The van der Waals surface area contributed by atoms with Crippen LogP contribution < -0.4 is 9.64 Å². The van der Waals surface area contributed by atoms with E-state index in [0.29, 0.717) is 17.7 Å². The molecule has 134 valence electrons. The number of para-hydroxylation sites is 2. The smallest absolute Gasteiger partial charge is 0.387 e. The summed E-state index contributed by atoms with van der Waals surface area (Å²) in [6.45, 7) is -0.353. The molecule has 0 saturated carbocycles. The molecule has 1 aliphatic heterocycles. The molecule has 5 nitrogen and oxygen atoms in total. The maximum Gasteiger partial charge on any atom is 0.387 e. The van der Waals surface area contributed by atoms with Crippen LogP contribution in [0.1, 0.15) is 24.5 Å². The van der Waals surface area contributed by atoms with Gasteiger partial charge in [-0.05, 0) is 24.6 Å². The van der Waals surface area contributed by atoms with E-state index in [1.807, 2.05) is 31.2 Å². The fourth-order valence-corrected chi connectivity index (χ4v) is 2.74. The number of hydrogen-bond donors (Lipinski definition) is 0. The third-order valence-electron chi connectivity index (χ3n) is 3.83. The maximum atomic E-state index is 12.6. The van der Waals surface area contributed by atoms with Crippen molar-refractivity contribution in [3.05, 3.63) is 59.7 Å². The second kappa shape index (κ2) is 7.86. The third kappa shape index (κ3) is 3.61. The Morgan fingerprint density at radius 2 is 1.88 bits per heavy atom. The first-order chi connectivity index (χ1) is 12.6. The quantitative estimate of drug-likeness (QED) is 0.582. The number of benzene rings is 2. The molecule has 0 aliphatic carbocycles. The summed E-state index contributed by atoms with van der Waals surface area (Å²) in [7, 11) is 0. The van der Waals surface area contributed by atoms with Crippen LogP contribution >= 0.6 is 0 Å². The van der Waals surface area contributed by atoms with Crippen molar-refractivity contribution in [3.63, 3.8) is 0 Å². The van der Waals surface area contributed by atoms with Gasteiger partial charge in [0.2, 0.25) is 0 Å². The van der Waals surface area contributed by atoms with Crippen LogP contribution in [0.15, 0.2) is 58.7 Å². The van der Waals surface area contributed by atoms with Gasteiger partial charge in [-0.25, -0.2) is 0 Å². The van der Waals surface area contributed by atoms with E-state index >= 15 is 0 Å². The molecule has 0 fully saturated rings. The first kappa shape index (κ1) is 17.7. The summed E-state index contributed by atoms with van der Waals surface area (Å²) in [5.74, 6) is -0.223. The molecular weight excluding hydrogens is 340 g/mol. The number of anilines is 1. The van der Waals surface area contributed by atoms with Crippen molar-refractivity contribution < 1.29 is 18.3 Å². The molecule has 0 radical (unpaired) electrons. The standard InChI is InChI=1S/C19H17F2N3O2/c1-2-11-24-15-9-5-4-8-14(15)17(18(24)25)23-22-12-13-7-3-6-10-16(13)26-19(20)21/h3-10,12,19H,2,11H2,1H3/b22-12-,23-17+. The molecule has 1 amide bonds. The number of fused-ring (bicyclic) bond motifs is 1. The van der Waals surface area contributed by atoms with E-state index in [1.165, 1.54) is 12.3 Å². The van der Waals surface area contributed by atoms with Crippen LogP contribution in [0.4, 0.5) is 14.5 Å². The fraction of sp³-hybridized carbons (Fsp3) is 0.211. The molecular formula is C19H17F2N3O2. The van der Waals surface area contributed by atoms with Crippen molar-refractivity contribution in [3.8, 4) is 5.75 Å². The molecule has 2 aromatic rings. The number of amides is 1. The number of nitrogens with zero attached hydrogens (tertiary/aromatic N) is 3. The van der Waals surface area contributed by atoms with Gasteiger partial charge in [0.05, 0.1) is 11.9 Å². The summed E-state index contributed by atoms with van der Waals surface area (Å²) in [6, 6.07) is 13.6. The summed E-state index contributed by atoms with van der Waals surface area (Å²) in [5, 5.41) is 7.97. The highest BCUT2D eigenvalue weighted by Gasteiger charge is 2.33. The predicted molar refractivity (Wildman–Crippen MR) is 96.3 cm³/mol. The maximum absolute atomic E-state index is 12.6. The van der Waals surface area contributed by atoms with Crippen LogP contribution in [-0.2, 0) is 4.79 Å². The van der Waals surface area contributed by atoms with Crippen molar-refractivity contribution >= 4 is 23.5 Å². The van der Waals surface area contributed by atoms with E-state index in [4.69, 9.17) is 0 Å². The third-order valence-corrected chi connectivity index (χ3v) is 3.83. The van der Waals surface area contributed by atoms with Crippen molar-refractivity contribution in [2.45, 2.75) is 20.0 Å². The molecule has 1 heterocycles. The van der Waals surface area contributed by atoms with Gasteiger partial charge in [-0.2, -0.15) is 13.9 Å². The topological polar surface area (TPSA) is 54.3 Å². The van der Waals surface area contributed by atoms with Crippen LogP contribution in [0.5, 0.6) is 5.75 Å². The second-order valence-electron chi connectivity index (χ2n) is 5.58. The van der Waals surface area contributed by atoms with Gasteiger partial charge in [-0.15, -0.1) is 5.10 Å². The van der Waals surface area contributed by atoms with Gasteiger partial charge in [0, 0.05) is 17.7 Å². The number of alkyl halides is 2. The van der Waals surface area contributed by atoms with Crippen LogP contribution in [0.3, 0.4) is 0 Å². The normalized spacial score (nSPS) is 15.3. The lowest BCUT2D eigenvalue weighted by Gasteiger charge is -2.14. The molecule has 0 saturated heterocycles. The second-order valence-corrected chi connectivity index (χ2v) is 5.58. The van der Waals surface area contributed by atoms with Gasteiger partial charge in [0.25, 0.3) is 5.91 Å². The summed E-state index contributed by atoms with van der Waals surface area (Å²) in [5.41, 5.74) is 2.09. The lowest BCUT2D eigenvalue weighted by molar-refractivity contribution is -0.112. The van der Waals surface area contributed by atoms with Gasteiger partial charge in [0.15, 0.2) is 5.71 Å². The fourth-order valence-electron chi connectivity index (χ4n) is 2.74. The molecule has 0 aromatic heterocycles. The molecule has 0 unspecified atom stereocenters. The molecule has 2 aromatic carbocycles. The molecule has 3 rings (SSSR count). The Balaban J connectivity index is 1.89. The minimum absolute atomic E-state index is 0.00259. The SMILES string of the molecule is CCCN1C(=O)/C(=N/N=C\c2ccccc2OC(F)F)c2ccccc21. The Bertz CT molecular complexity index is 865. The number of hydrogen-bond acceptors (Lipinski definition) is 4. The van der Waals surface area contributed by atoms with Gasteiger partial charge in [-0.3, -0.25) is 4.79 Å². The monoisotopic (exact) mass is 357 g/mol. The first-order valence-electron chi connectivity index (χ1n) is 8.18. The van der Waals surface area contributed by atoms with Crippen molar-refractivity contribution in [1.82, 2.24) is 0 Å². The Kier molecular flexibility index (Phi) is 5.36. The molecule has 0 N–H and O–H groups in total. The zero-order valence-electron chi connectivity index (χ0n) is 14.1. The van der Waals surface area contributed by atoms with Crippen LogP contribution in [0, 0.1) is 0 Å². The number of rotatable bonds is 6. The Hall–Kier alpha value is -3.09. The summed E-state index contributed by atoms with van der Waals surface area (Å²) in [6.07, 6.45) is 2.11. The van der Waals surface area contributed by atoms with E-state index in [0.717, 1.165) is 12.1 Å². The van der Waals surface area contributed by atoms with Gasteiger partial charge in [-0.1, -0.05) is 37.3 Å². The highest BCUT2D eigenvalue weighted by atomic mass is 19.3. The van der Waals surface area contributed by atoms with Crippen LogP contribution in [0.2, 0.25) is 0 Å².